The van der Waals surface area contributed by atoms with Gasteiger partial charge in [0.2, 0.25) is 5.91 Å². The Hall–Kier alpha value is -3.44. The van der Waals surface area contributed by atoms with Crippen LogP contribution in [0.4, 0.5) is 5.69 Å². The van der Waals surface area contributed by atoms with Gasteiger partial charge in [0.1, 0.15) is 5.54 Å². The highest BCUT2D eigenvalue weighted by atomic mass is 16.4. The molecule has 0 saturated heterocycles. The van der Waals surface area contributed by atoms with Gasteiger partial charge in [0.25, 0.3) is 0 Å². The molecule has 0 aromatic heterocycles. The molecule has 0 radical (unpaired) electrons. The van der Waals surface area contributed by atoms with Gasteiger partial charge in [-0.1, -0.05) is 86.6 Å². The van der Waals surface area contributed by atoms with Crippen molar-refractivity contribution in [1.29, 1.82) is 0 Å². The van der Waals surface area contributed by atoms with E-state index in [2.05, 4.69) is 26.0 Å². The van der Waals surface area contributed by atoms with Crippen molar-refractivity contribution in [2.24, 2.45) is 11.7 Å². The van der Waals surface area contributed by atoms with Crippen LogP contribution >= 0.6 is 0 Å². The SMILES string of the molecule is CC(C)c1ccc(CN2C(=O)[C@](N)([C@H](Cc3ccccc3)C(=O)O)CCc3ccccc32)cc1. The molecule has 5 heteroatoms. The van der Waals surface area contributed by atoms with Gasteiger partial charge in [0, 0.05) is 5.69 Å². The molecule has 2 atom stereocenters. The maximum Gasteiger partial charge on any atom is 0.309 e. The van der Waals surface area contributed by atoms with Crippen LogP contribution in [0.5, 0.6) is 0 Å². The molecule has 5 nitrogen and oxygen atoms in total. The van der Waals surface area contributed by atoms with Crippen LogP contribution in [0.2, 0.25) is 0 Å². The van der Waals surface area contributed by atoms with Crippen molar-refractivity contribution in [3.63, 3.8) is 0 Å². The third-order valence-electron chi connectivity index (χ3n) is 6.92. The molecule has 3 N–H and O–H groups in total. The number of aliphatic carboxylic acids is 1. The number of carboxylic acids is 1. The predicted molar refractivity (Wildman–Crippen MR) is 135 cm³/mol. The second kappa shape index (κ2) is 9.82. The van der Waals surface area contributed by atoms with Gasteiger partial charge in [-0.2, -0.15) is 0 Å². The highest BCUT2D eigenvalue weighted by Gasteiger charge is 2.49. The van der Waals surface area contributed by atoms with Gasteiger partial charge in [0.05, 0.1) is 12.5 Å². The van der Waals surface area contributed by atoms with E-state index in [-0.39, 0.29) is 18.7 Å². The molecule has 3 aromatic rings. The smallest absolute Gasteiger partial charge is 0.309 e. The number of anilines is 1. The molecule has 1 aliphatic rings. The fourth-order valence-electron chi connectivity index (χ4n) is 4.81. The summed E-state index contributed by atoms with van der Waals surface area (Å²) in [6, 6.07) is 25.4. The van der Waals surface area contributed by atoms with Crippen molar-refractivity contribution >= 4 is 17.6 Å². The van der Waals surface area contributed by atoms with Crippen LogP contribution in [-0.2, 0) is 29.0 Å². The molecular weight excluding hydrogens is 424 g/mol. The number of nitrogens with two attached hydrogens (primary N) is 1. The van der Waals surface area contributed by atoms with Crippen LogP contribution in [0, 0.1) is 5.92 Å². The molecule has 1 heterocycles. The van der Waals surface area contributed by atoms with Gasteiger partial charge in [-0.05, 0) is 53.5 Å². The topological polar surface area (TPSA) is 83.6 Å². The Morgan fingerprint density at radius 1 is 0.971 bits per heavy atom. The number of hydrogen-bond donors (Lipinski definition) is 2. The summed E-state index contributed by atoms with van der Waals surface area (Å²) in [6.45, 7) is 4.63. The highest BCUT2D eigenvalue weighted by Crippen LogP contribution is 2.36. The zero-order valence-corrected chi connectivity index (χ0v) is 19.8. The van der Waals surface area contributed by atoms with Crippen molar-refractivity contribution in [3.05, 3.63) is 101 Å². The second-order valence-electron chi connectivity index (χ2n) is 9.54. The van der Waals surface area contributed by atoms with E-state index in [1.165, 1.54) is 5.56 Å². The second-order valence-corrected chi connectivity index (χ2v) is 9.54. The fraction of sp³-hybridized carbons (Fsp3) is 0.310. The first-order valence-corrected chi connectivity index (χ1v) is 11.8. The van der Waals surface area contributed by atoms with Crippen molar-refractivity contribution < 1.29 is 14.7 Å². The zero-order valence-electron chi connectivity index (χ0n) is 19.8. The molecule has 176 valence electrons. The standard InChI is InChI=1S/C29H32N2O3/c1-20(2)23-14-12-22(13-15-23)19-31-26-11-7-6-10-24(26)16-17-29(30,28(31)34)25(27(32)33)18-21-8-4-3-5-9-21/h3-15,20,25H,16-19,30H2,1-2H3,(H,32,33)/t25-,29-/m1/s1. The molecule has 0 spiro atoms. The monoisotopic (exact) mass is 456 g/mol. The quantitative estimate of drug-likeness (QED) is 0.528. The Morgan fingerprint density at radius 2 is 1.62 bits per heavy atom. The van der Waals surface area contributed by atoms with E-state index in [9.17, 15) is 14.7 Å². The van der Waals surface area contributed by atoms with E-state index in [4.69, 9.17) is 5.73 Å². The van der Waals surface area contributed by atoms with Crippen LogP contribution in [0.3, 0.4) is 0 Å². The first-order chi connectivity index (χ1) is 16.3. The Balaban J connectivity index is 1.72. The lowest BCUT2D eigenvalue weighted by Gasteiger charge is -2.36. The van der Waals surface area contributed by atoms with Crippen LogP contribution in [0.25, 0.3) is 0 Å². The van der Waals surface area contributed by atoms with Gasteiger partial charge in [-0.3, -0.25) is 9.59 Å². The average molecular weight is 457 g/mol. The summed E-state index contributed by atoms with van der Waals surface area (Å²) in [5.41, 5.74) is 10.1. The zero-order chi connectivity index (χ0) is 24.3. The summed E-state index contributed by atoms with van der Waals surface area (Å²) >= 11 is 0. The number of carbonyl (C=O) groups is 2. The molecule has 34 heavy (non-hydrogen) atoms. The van der Waals surface area contributed by atoms with Crippen molar-refractivity contribution in [2.75, 3.05) is 4.90 Å². The first kappa shape index (κ1) is 23.7. The van der Waals surface area contributed by atoms with Crippen molar-refractivity contribution in [3.8, 4) is 0 Å². The Bertz CT molecular complexity index is 1160. The maximum atomic E-state index is 14.1. The molecule has 4 rings (SSSR count). The number of hydrogen-bond acceptors (Lipinski definition) is 3. The van der Waals surface area contributed by atoms with Gasteiger partial charge < -0.3 is 15.7 Å². The van der Waals surface area contributed by atoms with Crippen LogP contribution in [0.1, 0.15) is 48.4 Å². The molecule has 0 bridgehead atoms. The van der Waals surface area contributed by atoms with Gasteiger partial charge in [-0.25, -0.2) is 0 Å². The number of carbonyl (C=O) groups excluding carboxylic acids is 1. The summed E-state index contributed by atoms with van der Waals surface area (Å²) in [6.07, 6.45) is 1.01. The van der Waals surface area contributed by atoms with Crippen molar-refractivity contribution in [2.45, 2.75) is 51.1 Å². The van der Waals surface area contributed by atoms with E-state index in [1.807, 2.05) is 66.7 Å². The van der Waals surface area contributed by atoms with Gasteiger partial charge in [0.15, 0.2) is 0 Å². The summed E-state index contributed by atoms with van der Waals surface area (Å²) in [5, 5.41) is 10.2. The number of fused-ring (bicyclic) bond motifs is 1. The molecular formula is C29H32N2O3. The summed E-state index contributed by atoms with van der Waals surface area (Å²) in [5.74, 6) is -2.01. The van der Waals surface area contributed by atoms with E-state index in [0.29, 0.717) is 18.9 Å². The summed E-state index contributed by atoms with van der Waals surface area (Å²) in [7, 11) is 0. The number of amides is 1. The van der Waals surface area contributed by atoms with Crippen LogP contribution < -0.4 is 10.6 Å². The predicted octanol–water partition coefficient (Wildman–Crippen LogP) is 4.93. The van der Waals surface area contributed by atoms with E-state index in [1.54, 1.807) is 4.90 Å². The summed E-state index contributed by atoms with van der Waals surface area (Å²) < 4.78 is 0. The van der Waals surface area contributed by atoms with Gasteiger partial charge in [-0.15, -0.1) is 0 Å². The number of rotatable bonds is 7. The van der Waals surface area contributed by atoms with Crippen LogP contribution in [0.15, 0.2) is 78.9 Å². The van der Waals surface area contributed by atoms with Crippen molar-refractivity contribution in [1.82, 2.24) is 0 Å². The van der Waals surface area contributed by atoms with E-state index in [0.717, 1.165) is 22.4 Å². The minimum absolute atomic E-state index is 0.200. The first-order valence-electron chi connectivity index (χ1n) is 11.8. The Labute approximate surface area is 201 Å². The molecule has 1 aliphatic heterocycles. The Morgan fingerprint density at radius 3 is 2.26 bits per heavy atom. The number of para-hydroxylation sites is 1. The normalized spacial score (nSPS) is 18.9. The Kier molecular flexibility index (Phi) is 6.85. The largest absolute Gasteiger partial charge is 0.481 e. The minimum Gasteiger partial charge on any atom is -0.481 e. The number of aryl methyl sites for hydroxylation is 1. The minimum atomic E-state index is -1.53. The molecule has 1 amide bonds. The lowest BCUT2D eigenvalue weighted by Crippen LogP contribution is -2.61. The lowest BCUT2D eigenvalue weighted by atomic mass is 9.76. The summed E-state index contributed by atoms with van der Waals surface area (Å²) in [4.78, 5) is 28.2. The van der Waals surface area contributed by atoms with E-state index >= 15 is 0 Å². The van der Waals surface area contributed by atoms with E-state index < -0.39 is 17.4 Å². The van der Waals surface area contributed by atoms with Crippen LogP contribution in [-0.4, -0.2) is 22.5 Å². The number of nitrogens with zero attached hydrogens (tertiary/aromatic N) is 1. The third kappa shape index (κ3) is 4.75. The fourth-order valence-corrected chi connectivity index (χ4v) is 4.81. The number of benzene rings is 3. The molecule has 0 aliphatic carbocycles. The number of carboxylic acid groups (broad SMARTS) is 1. The molecule has 0 unspecified atom stereocenters. The highest BCUT2D eigenvalue weighted by molar-refractivity contribution is 6.04. The van der Waals surface area contributed by atoms with Gasteiger partial charge >= 0.3 is 5.97 Å². The lowest BCUT2D eigenvalue weighted by molar-refractivity contribution is -0.148. The average Bonchev–Trinajstić information content (AvgIpc) is 2.94. The molecule has 0 saturated carbocycles. The molecule has 0 fully saturated rings. The third-order valence-corrected chi connectivity index (χ3v) is 6.92. The molecule has 3 aromatic carbocycles. The maximum absolute atomic E-state index is 14.1.